The predicted octanol–water partition coefficient (Wildman–Crippen LogP) is 1.69. The van der Waals surface area contributed by atoms with Crippen molar-refractivity contribution in [2.24, 2.45) is 0 Å². The first-order valence-corrected chi connectivity index (χ1v) is 5.63. The van der Waals surface area contributed by atoms with Gasteiger partial charge in [0.1, 0.15) is 5.69 Å². The third-order valence-corrected chi connectivity index (χ3v) is 3.09. The van der Waals surface area contributed by atoms with E-state index in [1.165, 1.54) is 0 Å². The second kappa shape index (κ2) is 4.66. The van der Waals surface area contributed by atoms with E-state index in [2.05, 4.69) is 15.5 Å². The van der Waals surface area contributed by atoms with E-state index >= 15 is 0 Å². The number of nitrogens with one attached hydrogen (secondary N) is 2. The predicted molar refractivity (Wildman–Crippen MR) is 58.0 cm³/mol. The summed E-state index contributed by atoms with van der Waals surface area (Å²) in [4.78, 5) is 11.7. The number of hydrogen-bond acceptors (Lipinski definition) is 2. The van der Waals surface area contributed by atoms with Gasteiger partial charge in [-0.25, -0.2) is 0 Å². The zero-order valence-electron chi connectivity index (χ0n) is 8.37. The van der Waals surface area contributed by atoms with Gasteiger partial charge in [0, 0.05) is 17.6 Å². The summed E-state index contributed by atoms with van der Waals surface area (Å²) in [7, 11) is 0. The molecule has 1 aromatic rings. The van der Waals surface area contributed by atoms with Crippen molar-refractivity contribution in [2.45, 2.75) is 37.1 Å². The Kier molecular flexibility index (Phi) is 3.26. The highest BCUT2D eigenvalue weighted by Gasteiger charge is 2.22. The van der Waals surface area contributed by atoms with Crippen LogP contribution in [0.15, 0.2) is 12.3 Å². The number of amides is 1. The first-order chi connectivity index (χ1) is 7.25. The third kappa shape index (κ3) is 2.72. The Morgan fingerprint density at radius 2 is 2.47 bits per heavy atom. The van der Waals surface area contributed by atoms with Crippen LogP contribution in [0.4, 0.5) is 0 Å². The zero-order chi connectivity index (χ0) is 10.7. The molecule has 1 amide bonds. The smallest absolute Gasteiger partial charge is 0.269 e. The molecule has 15 heavy (non-hydrogen) atoms. The van der Waals surface area contributed by atoms with Gasteiger partial charge in [0.15, 0.2) is 0 Å². The molecule has 1 aromatic heterocycles. The fourth-order valence-electron chi connectivity index (χ4n) is 1.91. The second-order valence-corrected chi connectivity index (χ2v) is 4.52. The van der Waals surface area contributed by atoms with Crippen LogP contribution in [0.3, 0.4) is 0 Å². The molecular weight excluding hydrogens is 214 g/mol. The number of alkyl halides is 1. The molecule has 1 heterocycles. The van der Waals surface area contributed by atoms with Crippen LogP contribution in [0, 0.1) is 0 Å². The van der Waals surface area contributed by atoms with Gasteiger partial charge in [-0.05, 0) is 31.7 Å². The topological polar surface area (TPSA) is 57.8 Å². The fraction of sp³-hybridized carbons (Fsp3) is 0.600. The monoisotopic (exact) mass is 227 g/mol. The molecule has 5 heteroatoms. The van der Waals surface area contributed by atoms with E-state index in [0.29, 0.717) is 5.69 Å². The average Bonchev–Trinajstić information content (AvgIpc) is 2.70. The molecule has 0 aliphatic heterocycles. The summed E-state index contributed by atoms with van der Waals surface area (Å²) in [5, 5.41) is 9.54. The highest BCUT2D eigenvalue weighted by molar-refractivity contribution is 6.20. The molecule has 2 rings (SSSR count). The Labute approximate surface area is 93.4 Å². The van der Waals surface area contributed by atoms with E-state index in [0.717, 1.165) is 25.7 Å². The molecule has 0 aromatic carbocycles. The molecule has 82 valence electrons. The largest absolute Gasteiger partial charge is 0.348 e. The van der Waals surface area contributed by atoms with Crippen LogP contribution in [0.2, 0.25) is 0 Å². The van der Waals surface area contributed by atoms with E-state index < -0.39 is 0 Å². The van der Waals surface area contributed by atoms with Gasteiger partial charge in [-0.1, -0.05) is 0 Å². The van der Waals surface area contributed by atoms with Gasteiger partial charge < -0.3 is 5.32 Å². The SMILES string of the molecule is O=C(NC1CCCC(Cl)C1)c1ccn[nH]1. The first kappa shape index (κ1) is 10.5. The average molecular weight is 228 g/mol. The molecule has 0 saturated heterocycles. The maximum Gasteiger partial charge on any atom is 0.269 e. The maximum absolute atomic E-state index is 11.7. The van der Waals surface area contributed by atoms with Gasteiger partial charge in [0.05, 0.1) is 0 Å². The number of H-pyrrole nitrogens is 1. The lowest BCUT2D eigenvalue weighted by Crippen LogP contribution is -2.38. The summed E-state index contributed by atoms with van der Waals surface area (Å²) < 4.78 is 0. The molecule has 1 aliphatic rings. The minimum absolute atomic E-state index is 0.0942. The summed E-state index contributed by atoms with van der Waals surface area (Å²) in [6.07, 6.45) is 5.59. The standard InChI is InChI=1S/C10H14ClN3O/c11-7-2-1-3-8(6-7)13-10(15)9-4-5-12-14-9/h4-5,7-8H,1-3,6H2,(H,12,14)(H,13,15). The van der Waals surface area contributed by atoms with Crippen LogP contribution in [-0.2, 0) is 0 Å². The molecule has 4 nitrogen and oxygen atoms in total. The molecule has 1 saturated carbocycles. The van der Waals surface area contributed by atoms with Crippen molar-refractivity contribution in [2.75, 3.05) is 0 Å². The van der Waals surface area contributed by atoms with Gasteiger partial charge in [-0.15, -0.1) is 11.6 Å². The molecule has 1 fully saturated rings. The number of carbonyl (C=O) groups is 1. The van der Waals surface area contributed by atoms with Crippen LogP contribution >= 0.6 is 11.6 Å². The van der Waals surface area contributed by atoms with Crippen molar-refractivity contribution in [3.63, 3.8) is 0 Å². The Bertz CT molecular complexity index is 325. The van der Waals surface area contributed by atoms with Crippen LogP contribution in [0.5, 0.6) is 0 Å². The summed E-state index contributed by atoms with van der Waals surface area (Å²) in [6, 6.07) is 1.87. The van der Waals surface area contributed by atoms with E-state index in [4.69, 9.17) is 11.6 Å². The van der Waals surface area contributed by atoms with Crippen molar-refractivity contribution >= 4 is 17.5 Å². The lowest BCUT2D eigenvalue weighted by molar-refractivity contribution is 0.0923. The van der Waals surface area contributed by atoms with Gasteiger partial charge in [0.2, 0.25) is 0 Å². The number of aromatic amines is 1. The molecular formula is C10H14ClN3O. The van der Waals surface area contributed by atoms with E-state index in [1.54, 1.807) is 12.3 Å². The number of rotatable bonds is 2. The summed E-state index contributed by atoms with van der Waals surface area (Å²) in [6.45, 7) is 0. The summed E-state index contributed by atoms with van der Waals surface area (Å²) >= 11 is 6.05. The summed E-state index contributed by atoms with van der Waals surface area (Å²) in [5.41, 5.74) is 0.506. The minimum Gasteiger partial charge on any atom is -0.348 e. The highest BCUT2D eigenvalue weighted by atomic mass is 35.5. The first-order valence-electron chi connectivity index (χ1n) is 5.20. The number of hydrogen-bond donors (Lipinski definition) is 2. The number of aromatic nitrogens is 2. The molecule has 2 atom stereocenters. The van der Waals surface area contributed by atoms with Crippen molar-refractivity contribution in [1.82, 2.24) is 15.5 Å². The molecule has 0 bridgehead atoms. The molecule has 1 aliphatic carbocycles. The molecule has 0 radical (unpaired) electrons. The zero-order valence-corrected chi connectivity index (χ0v) is 9.13. The Balaban J connectivity index is 1.89. The van der Waals surface area contributed by atoms with Crippen molar-refractivity contribution in [3.8, 4) is 0 Å². The van der Waals surface area contributed by atoms with E-state index in [-0.39, 0.29) is 17.3 Å². The quantitative estimate of drug-likeness (QED) is 0.756. The van der Waals surface area contributed by atoms with Crippen LogP contribution in [-0.4, -0.2) is 27.5 Å². The Morgan fingerprint density at radius 3 is 3.13 bits per heavy atom. The van der Waals surface area contributed by atoms with Gasteiger partial charge in [-0.2, -0.15) is 5.10 Å². The highest BCUT2D eigenvalue weighted by Crippen LogP contribution is 2.22. The number of nitrogens with zero attached hydrogens (tertiary/aromatic N) is 1. The summed E-state index contributed by atoms with van der Waals surface area (Å²) in [5.74, 6) is -0.0942. The molecule has 0 spiro atoms. The lowest BCUT2D eigenvalue weighted by Gasteiger charge is -2.25. The number of carbonyl (C=O) groups excluding carboxylic acids is 1. The third-order valence-electron chi connectivity index (χ3n) is 2.69. The van der Waals surface area contributed by atoms with Crippen molar-refractivity contribution in [1.29, 1.82) is 0 Å². The number of halogens is 1. The van der Waals surface area contributed by atoms with Crippen molar-refractivity contribution < 1.29 is 4.79 Å². The van der Waals surface area contributed by atoms with Gasteiger partial charge >= 0.3 is 0 Å². The van der Waals surface area contributed by atoms with Gasteiger partial charge in [-0.3, -0.25) is 9.89 Å². The minimum atomic E-state index is -0.0942. The lowest BCUT2D eigenvalue weighted by atomic mass is 9.95. The molecule has 2 unspecified atom stereocenters. The van der Waals surface area contributed by atoms with Crippen LogP contribution in [0.1, 0.15) is 36.2 Å². The van der Waals surface area contributed by atoms with E-state index in [9.17, 15) is 4.79 Å². The Morgan fingerprint density at radius 1 is 1.60 bits per heavy atom. The van der Waals surface area contributed by atoms with Crippen LogP contribution < -0.4 is 5.32 Å². The second-order valence-electron chi connectivity index (χ2n) is 3.90. The van der Waals surface area contributed by atoms with E-state index in [1.807, 2.05) is 0 Å². The fourth-order valence-corrected chi connectivity index (χ4v) is 2.28. The maximum atomic E-state index is 11.7. The normalized spacial score (nSPS) is 26.2. The molecule has 2 N–H and O–H groups in total. The van der Waals surface area contributed by atoms with Crippen LogP contribution in [0.25, 0.3) is 0 Å². The Hall–Kier alpha value is -1.03. The van der Waals surface area contributed by atoms with Gasteiger partial charge in [0.25, 0.3) is 5.91 Å². The van der Waals surface area contributed by atoms with Crippen molar-refractivity contribution in [3.05, 3.63) is 18.0 Å².